The lowest BCUT2D eigenvalue weighted by molar-refractivity contribution is -0.183. The molecule has 4 aliphatic rings. The Balaban J connectivity index is 1.65. The topological polar surface area (TPSA) is 44.8 Å². The van der Waals surface area contributed by atoms with Crippen molar-refractivity contribution in [1.82, 2.24) is 0 Å². The zero-order valence-corrected chi connectivity index (χ0v) is 29.3. The molecule has 0 heterocycles. The van der Waals surface area contributed by atoms with E-state index in [1.807, 2.05) is 0 Å². The normalized spacial score (nSPS) is 43.7. The van der Waals surface area contributed by atoms with E-state index >= 15 is 0 Å². The number of hydrogen-bond donors (Lipinski definition) is 0. The van der Waals surface area contributed by atoms with Crippen LogP contribution in [0.1, 0.15) is 72.1 Å². The third kappa shape index (κ3) is 5.57. The highest BCUT2D eigenvalue weighted by Gasteiger charge is 2.70. The molecule has 9 atom stereocenters. The fourth-order valence-electron chi connectivity index (χ4n) is 9.75. The van der Waals surface area contributed by atoms with E-state index in [-0.39, 0.29) is 28.5 Å². The molecule has 4 fully saturated rings. The average Bonchev–Trinajstić information content (AvgIpc) is 2.97. The maximum atomic E-state index is 14.4. The largest absolute Gasteiger partial charge is 0.415 e. The molecule has 0 unspecified atom stereocenters. The van der Waals surface area contributed by atoms with Gasteiger partial charge in [0.2, 0.25) is 0 Å². The Hall–Kier alpha value is 0.201. The summed E-state index contributed by atoms with van der Waals surface area (Å²) in [6.45, 7) is 27.9. The molecule has 0 aromatic heterocycles. The lowest BCUT2D eigenvalue weighted by atomic mass is 9.44. The Labute approximate surface area is 231 Å². The number of carbonyl (C=O) groups excluding carboxylic acids is 1. The van der Waals surface area contributed by atoms with Crippen LogP contribution >= 0.6 is 0 Å². The Morgan fingerprint density at radius 3 is 2.05 bits per heavy atom. The summed E-state index contributed by atoms with van der Waals surface area (Å²) in [6.07, 6.45) is 9.18. The summed E-state index contributed by atoms with van der Waals surface area (Å²) in [7, 11) is -5.20. The Morgan fingerprint density at radius 2 is 1.49 bits per heavy atom. The van der Waals surface area contributed by atoms with Gasteiger partial charge in [0.25, 0.3) is 0 Å². The van der Waals surface area contributed by atoms with Gasteiger partial charge in [-0.3, -0.25) is 4.79 Å². The fraction of sp³-hybridized carbons (Fsp3) is 0.967. The SMILES string of the molecule is C[C@H](O[Si](C)(C)C)[C@@]1(O[Si](C)(C)C)CC[C@H]2[C@@H]3CC[C@@H]4C[C@H](O[Si](C)(C)C)CC[C@]4(C)[C@H]3C(=O)C[C@@]21C. The van der Waals surface area contributed by atoms with Gasteiger partial charge in [-0.25, -0.2) is 0 Å². The van der Waals surface area contributed by atoms with Crippen molar-refractivity contribution in [3.05, 3.63) is 0 Å². The van der Waals surface area contributed by atoms with Gasteiger partial charge in [-0.15, -0.1) is 0 Å². The van der Waals surface area contributed by atoms with E-state index in [1.54, 1.807) is 0 Å². The highest BCUT2D eigenvalue weighted by atomic mass is 28.4. The van der Waals surface area contributed by atoms with Crippen molar-refractivity contribution in [2.24, 2.45) is 34.5 Å². The summed E-state index contributed by atoms with van der Waals surface area (Å²) < 4.78 is 20.7. The second-order valence-electron chi connectivity index (χ2n) is 16.7. The summed E-state index contributed by atoms with van der Waals surface area (Å²) in [5, 5.41) is 0. The average molecular weight is 567 g/mol. The zero-order valence-electron chi connectivity index (χ0n) is 26.3. The summed E-state index contributed by atoms with van der Waals surface area (Å²) in [6, 6.07) is 0. The van der Waals surface area contributed by atoms with Gasteiger partial charge in [0.05, 0.1) is 11.7 Å². The number of ketones is 1. The molecule has 0 bridgehead atoms. The van der Waals surface area contributed by atoms with E-state index in [0.717, 1.165) is 25.7 Å². The molecule has 214 valence electrons. The molecule has 0 saturated heterocycles. The molecule has 0 amide bonds. The van der Waals surface area contributed by atoms with Crippen molar-refractivity contribution >= 4 is 30.7 Å². The summed E-state index contributed by atoms with van der Waals surface area (Å²) in [5.74, 6) is 2.41. The molecule has 0 aliphatic heterocycles. The standard InChI is InChI=1S/C30H58O4Si3/c1-21(32-35(4,5)6)30(34-37(10,11)12)18-16-25-24-14-13-22-19-23(33-36(7,8)9)15-17-28(22,2)27(24)26(31)20-29(25,30)3/h21-25,27H,13-20H2,1-12H3/t21-,22+,23+,24-,25-,27+,28-,29-,30-/m0/s1. The molecule has 4 aliphatic carbocycles. The van der Waals surface area contributed by atoms with E-state index in [9.17, 15) is 4.79 Å². The minimum absolute atomic E-state index is 0.0197. The van der Waals surface area contributed by atoms with Crippen molar-refractivity contribution < 1.29 is 18.1 Å². The number of rotatable bonds is 7. The molecule has 37 heavy (non-hydrogen) atoms. The van der Waals surface area contributed by atoms with Crippen LogP contribution in [0.25, 0.3) is 0 Å². The van der Waals surface area contributed by atoms with Gasteiger partial charge >= 0.3 is 0 Å². The lowest BCUT2D eigenvalue weighted by Gasteiger charge is -2.62. The number of Topliss-reactive ketones (excluding diaryl/α,β-unsaturated/α-hetero) is 1. The lowest BCUT2D eigenvalue weighted by Crippen LogP contribution is -2.65. The van der Waals surface area contributed by atoms with Crippen LogP contribution in [0, 0.1) is 34.5 Å². The number of fused-ring (bicyclic) bond motifs is 5. The van der Waals surface area contributed by atoms with Crippen LogP contribution in [0.5, 0.6) is 0 Å². The van der Waals surface area contributed by atoms with Crippen LogP contribution < -0.4 is 0 Å². The van der Waals surface area contributed by atoms with Crippen LogP contribution in [-0.4, -0.2) is 48.5 Å². The summed E-state index contributed by atoms with van der Waals surface area (Å²) in [4.78, 5) is 14.4. The molecule has 0 N–H and O–H groups in total. The molecular formula is C30H58O4Si3. The first kappa shape index (κ1) is 30.2. The molecule has 4 saturated carbocycles. The monoisotopic (exact) mass is 566 g/mol. The quantitative estimate of drug-likeness (QED) is 0.291. The second kappa shape index (κ2) is 9.64. The van der Waals surface area contributed by atoms with Crippen LogP contribution in [0.15, 0.2) is 0 Å². The van der Waals surface area contributed by atoms with Crippen LogP contribution in [0.2, 0.25) is 58.9 Å². The summed E-state index contributed by atoms with van der Waals surface area (Å²) >= 11 is 0. The van der Waals surface area contributed by atoms with Crippen molar-refractivity contribution in [1.29, 1.82) is 0 Å². The van der Waals surface area contributed by atoms with Crippen molar-refractivity contribution in [3.63, 3.8) is 0 Å². The third-order valence-electron chi connectivity index (χ3n) is 10.7. The molecular weight excluding hydrogens is 509 g/mol. The molecule has 0 aromatic carbocycles. The van der Waals surface area contributed by atoms with Gasteiger partial charge in [-0.1, -0.05) is 13.8 Å². The first-order valence-corrected chi connectivity index (χ1v) is 25.5. The van der Waals surface area contributed by atoms with E-state index < -0.39 is 25.0 Å². The third-order valence-corrected chi connectivity index (χ3v) is 13.8. The predicted molar refractivity (Wildman–Crippen MR) is 161 cm³/mol. The molecule has 4 rings (SSSR count). The number of hydrogen-bond acceptors (Lipinski definition) is 4. The molecule has 7 heteroatoms. The Morgan fingerprint density at radius 1 is 0.838 bits per heavy atom. The van der Waals surface area contributed by atoms with Gasteiger partial charge in [0.15, 0.2) is 25.0 Å². The molecule has 0 radical (unpaired) electrons. The maximum absolute atomic E-state index is 14.4. The van der Waals surface area contributed by atoms with Crippen molar-refractivity contribution in [2.45, 2.75) is 149 Å². The predicted octanol–water partition coefficient (Wildman–Crippen LogP) is 8.26. The Kier molecular flexibility index (Phi) is 7.86. The van der Waals surface area contributed by atoms with Gasteiger partial charge in [-0.2, -0.15) is 0 Å². The van der Waals surface area contributed by atoms with E-state index in [4.69, 9.17) is 13.3 Å². The minimum Gasteiger partial charge on any atom is -0.415 e. The Bertz CT molecular complexity index is 874. The minimum atomic E-state index is -1.88. The van der Waals surface area contributed by atoms with Crippen molar-refractivity contribution in [3.8, 4) is 0 Å². The van der Waals surface area contributed by atoms with Crippen LogP contribution in [-0.2, 0) is 18.1 Å². The highest BCUT2D eigenvalue weighted by Crippen LogP contribution is 2.69. The van der Waals surface area contributed by atoms with E-state index in [2.05, 4.69) is 79.7 Å². The molecule has 4 nitrogen and oxygen atoms in total. The first-order chi connectivity index (χ1) is 16.7. The fourth-order valence-corrected chi connectivity index (χ4v) is 13.8. The highest BCUT2D eigenvalue weighted by molar-refractivity contribution is 6.70. The van der Waals surface area contributed by atoms with Crippen LogP contribution in [0.4, 0.5) is 0 Å². The summed E-state index contributed by atoms with van der Waals surface area (Å²) in [5.41, 5.74) is -0.373. The van der Waals surface area contributed by atoms with E-state index in [0.29, 0.717) is 36.1 Å². The van der Waals surface area contributed by atoms with Gasteiger partial charge in [0, 0.05) is 23.9 Å². The maximum Gasteiger partial charge on any atom is 0.184 e. The van der Waals surface area contributed by atoms with E-state index in [1.165, 1.54) is 19.3 Å². The molecule has 0 aromatic rings. The van der Waals surface area contributed by atoms with Crippen LogP contribution in [0.3, 0.4) is 0 Å². The smallest absolute Gasteiger partial charge is 0.184 e. The molecule has 0 spiro atoms. The second-order valence-corrected chi connectivity index (χ2v) is 30.1. The zero-order chi connectivity index (χ0) is 27.8. The van der Waals surface area contributed by atoms with Gasteiger partial charge < -0.3 is 13.3 Å². The first-order valence-electron chi connectivity index (χ1n) is 15.3. The number of carbonyl (C=O) groups is 1. The van der Waals surface area contributed by atoms with Crippen molar-refractivity contribution in [2.75, 3.05) is 0 Å². The van der Waals surface area contributed by atoms with Gasteiger partial charge in [-0.05, 0) is 134 Å². The van der Waals surface area contributed by atoms with Gasteiger partial charge in [0.1, 0.15) is 5.78 Å².